The first-order chi connectivity index (χ1) is 7.36. The minimum atomic E-state index is -0.152. The Morgan fingerprint density at radius 2 is 2.00 bits per heavy atom. The molecule has 2 heteroatoms. The molecule has 0 aliphatic heterocycles. The van der Waals surface area contributed by atoms with Crippen LogP contribution in [0.25, 0.3) is 0 Å². The fraction of sp³-hybridized carbons (Fsp3) is 0.571. The Balaban J connectivity index is 2.87. The molecule has 90 valence electrons. The van der Waals surface area contributed by atoms with E-state index in [0.717, 1.165) is 12.2 Å². The van der Waals surface area contributed by atoms with E-state index in [1.807, 2.05) is 6.07 Å². The van der Waals surface area contributed by atoms with E-state index in [9.17, 15) is 0 Å². The highest BCUT2D eigenvalue weighted by molar-refractivity contribution is 5.36. The molecule has 0 spiro atoms. The maximum Gasteiger partial charge on any atom is 0.121 e. The third-order valence-electron chi connectivity index (χ3n) is 3.36. The van der Waals surface area contributed by atoms with E-state index in [2.05, 4.69) is 39.8 Å². The van der Waals surface area contributed by atoms with Crippen molar-refractivity contribution in [3.63, 3.8) is 0 Å². The Morgan fingerprint density at radius 3 is 2.44 bits per heavy atom. The molecule has 0 saturated heterocycles. The van der Waals surface area contributed by atoms with E-state index >= 15 is 0 Å². The standard InChI is InChI=1S/C14H23NO/c1-10(2)14(4,15)9-12-6-7-13(16-5)11(3)8-12/h6-8,10H,9,15H2,1-5H3. The molecule has 2 nitrogen and oxygen atoms in total. The lowest BCUT2D eigenvalue weighted by atomic mass is 9.83. The fourth-order valence-electron chi connectivity index (χ4n) is 1.69. The second-order valence-corrected chi connectivity index (χ2v) is 5.14. The Kier molecular flexibility index (Phi) is 3.98. The maximum atomic E-state index is 6.28. The van der Waals surface area contributed by atoms with Crippen LogP contribution in [-0.2, 0) is 6.42 Å². The number of hydrogen-bond acceptors (Lipinski definition) is 2. The minimum Gasteiger partial charge on any atom is -0.496 e. The van der Waals surface area contributed by atoms with Gasteiger partial charge >= 0.3 is 0 Å². The van der Waals surface area contributed by atoms with Crippen molar-refractivity contribution in [1.82, 2.24) is 0 Å². The van der Waals surface area contributed by atoms with Crippen molar-refractivity contribution < 1.29 is 4.74 Å². The lowest BCUT2D eigenvalue weighted by molar-refractivity contribution is 0.337. The van der Waals surface area contributed by atoms with E-state index in [1.165, 1.54) is 11.1 Å². The summed E-state index contributed by atoms with van der Waals surface area (Å²) >= 11 is 0. The number of hydrogen-bond donors (Lipinski definition) is 1. The highest BCUT2D eigenvalue weighted by Crippen LogP contribution is 2.23. The average molecular weight is 221 g/mol. The summed E-state index contributed by atoms with van der Waals surface area (Å²) in [6.07, 6.45) is 0.898. The summed E-state index contributed by atoms with van der Waals surface area (Å²) < 4.78 is 5.25. The van der Waals surface area contributed by atoms with Crippen molar-refractivity contribution in [2.24, 2.45) is 11.7 Å². The molecule has 0 saturated carbocycles. The Labute approximate surface area is 98.8 Å². The van der Waals surface area contributed by atoms with Crippen molar-refractivity contribution in [2.75, 3.05) is 7.11 Å². The zero-order chi connectivity index (χ0) is 12.3. The summed E-state index contributed by atoms with van der Waals surface area (Å²) in [5, 5.41) is 0. The Hall–Kier alpha value is -1.02. The topological polar surface area (TPSA) is 35.2 Å². The van der Waals surface area contributed by atoms with Gasteiger partial charge in [-0.25, -0.2) is 0 Å². The van der Waals surface area contributed by atoms with E-state index < -0.39 is 0 Å². The van der Waals surface area contributed by atoms with Gasteiger partial charge in [0.1, 0.15) is 5.75 Å². The number of aryl methyl sites for hydroxylation is 1. The first-order valence-corrected chi connectivity index (χ1v) is 5.79. The smallest absolute Gasteiger partial charge is 0.121 e. The third kappa shape index (κ3) is 2.99. The van der Waals surface area contributed by atoms with Crippen LogP contribution in [0.1, 0.15) is 31.9 Å². The molecular weight excluding hydrogens is 198 g/mol. The van der Waals surface area contributed by atoms with Crippen molar-refractivity contribution in [2.45, 2.75) is 39.7 Å². The first kappa shape index (κ1) is 13.0. The molecule has 0 fully saturated rings. The van der Waals surface area contributed by atoms with E-state index in [0.29, 0.717) is 5.92 Å². The lowest BCUT2D eigenvalue weighted by Gasteiger charge is -2.29. The molecule has 0 amide bonds. The summed E-state index contributed by atoms with van der Waals surface area (Å²) in [4.78, 5) is 0. The molecule has 0 aliphatic rings. The van der Waals surface area contributed by atoms with Crippen molar-refractivity contribution in [3.05, 3.63) is 29.3 Å². The zero-order valence-electron chi connectivity index (χ0n) is 11.0. The average Bonchev–Trinajstić information content (AvgIpc) is 2.17. The molecular formula is C14H23NO. The van der Waals surface area contributed by atoms with Gasteiger partial charge in [-0.2, -0.15) is 0 Å². The van der Waals surface area contributed by atoms with Crippen LogP contribution in [-0.4, -0.2) is 12.6 Å². The largest absolute Gasteiger partial charge is 0.496 e. The van der Waals surface area contributed by atoms with Crippen LogP contribution in [0.5, 0.6) is 5.75 Å². The van der Waals surface area contributed by atoms with Gasteiger partial charge in [0.05, 0.1) is 7.11 Å². The van der Waals surface area contributed by atoms with Gasteiger partial charge in [0.2, 0.25) is 0 Å². The number of methoxy groups -OCH3 is 1. The van der Waals surface area contributed by atoms with Crippen LogP contribution in [0, 0.1) is 12.8 Å². The molecule has 1 aromatic rings. The second-order valence-electron chi connectivity index (χ2n) is 5.14. The maximum absolute atomic E-state index is 6.28. The molecule has 0 radical (unpaired) electrons. The normalized spacial score (nSPS) is 14.9. The van der Waals surface area contributed by atoms with Crippen molar-refractivity contribution in [3.8, 4) is 5.75 Å². The SMILES string of the molecule is COc1ccc(CC(C)(N)C(C)C)cc1C. The molecule has 0 heterocycles. The summed E-state index contributed by atoms with van der Waals surface area (Å²) in [7, 11) is 1.70. The molecule has 0 aliphatic carbocycles. The molecule has 16 heavy (non-hydrogen) atoms. The quantitative estimate of drug-likeness (QED) is 0.848. The van der Waals surface area contributed by atoms with Gasteiger partial charge in [-0.1, -0.05) is 26.0 Å². The van der Waals surface area contributed by atoms with Gasteiger partial charge < -0.3 is 10.5 Å². The summed E-state index contributed by atoms with van der Waals surface area (Å²) in [6.45, 7) is 8.50. The predicted molar refractivity (Wildman–Crippen MR) is 68.9 cm³/mol. The number of benzene rings is 1. The summed E-state index contributed by atoms with van der Waals surface area (Å²) in [5.74, 6) is 1.40. The van der Waals surface area contributed by atoms with E-state index in [4.69, 9.17) is 10.5 Å². The van der Waals surface area contributed by atoms with Crippen molar-refractivity contribution in [1.29, 1.82) is 0 Å². The summed E-state index contributed by atoms with van der Waals surface area (Å²) in [6, 6.07) is 6.27. The number of ether oxygens (including phenoxy) is 1. The predicted octanol–water partition coefficient (Wildman–Crippen LogP) is 2.92. The molecule has 1 unspecified atom stereocenters. The molecule has 1 rings (SSSR count). The fourth-order valence-corrected chi connectivity index (χ4v) is 1.69. The van der Waals surface area contributed by atoms with Gasteiger partial charge in [-0.05, 0) is 43.4 Å². The minimum absolute atomic E-state index is 0.152. The Bertz CT molecular complexity index is 356. The van der Waals surface area contributed by atoms with Gasteiger partial charge in [0, 0.05) is 5.54 Å². The third-order valence-corrected chi connectivity index (χ3v) is 3.36. The highest BCUT2D eigenvalue weighted by atomic mass is 16.5. The van der Waals surface area contributed by atoms with Crippen LogP contribution in [0.4, 0.5) is 0 Å². The van der Waals surface area contributed by atoms with Crippen molar-refractivity contribution >= 4 is 0 Å². The zero-order valence-corrected chi connectivity index (χ0v) is 11.0. The van der Waals surface area contributed by atoms with Crippen LogP contribution < -0.4 is 10.5 Å². The van der Waals surface area contributed by atoms with E-state index in [-0.39, 0.29) is 5.54 Å². The molecule has 1 aromatic carbocycles. The van der Waals surface area contributed by atoms with Gasteiger partial charge in [0.15, 0.2) is 0 Å². The van der Waals surface area contributed by atoms with Crippen LogP contribution in [0.3, 0.4) is 0 Å². The number of rotatable bonds is 4. The second kappa shape index (κ2) is 4.88. The first-order valence-electron chi connectivity index (χ1n) is 5.79. The van der Waals surface area contributed by atoms with Gasteiger partial charge in [-0.3, -0.25) is 0 Å². The van der Waals surface area contributed by atoms with E-state index in [1.54, 1.807) is 7.11 Å². The molecule has 0 aromatic heterocycles. The van der Waals surface area contributed by atoms with Crippen LogP contribution in [0.15, 0.2) is 18.2 Å². The monoisotopic (exact) mass is 221 g/mol. The lowest BCUT2D eigenvalue weighted by Crippen LogP contribution is -2.43. The number of nitrogens with two attached hydrogens (primary N) is 1. The van der Waals surface area contributed by atoms with Gasteiger partial charge in [-0.15, -0.1) is 0 Å². The highest BCUT2D eigenvalue weighted by Gasteiger charge is 2.23. The molecule has 1 atom stereocenters. The Morgan fingerprint density at radius 1 is 1.38 bits per heavy atom. The molecule has 2 N–H and O–H groups in total. The van der Waals surface area contributed by atoms with Crippen LogP contribution in [0.2, 0.25) is 0 Å². The summed E-state index contributed by atoms with van der Waals surface area (Å²) in [5.41, 5.74) is 8.57. The van der Waals surface area contributed by atoms with Crippen LogP contribution >= 0.6 is 0 Å². The molecule has 0 bridgehead atoms. The van der Waals surface area contributed by atoms with Gasteiger partial charge in [0.25, 0.3) is 0 Å².